The first-order chi connectivity index (χ1) is 34.9. The van der Waals surface area contributed by atoms with E-state index >= 15 is 0 Å². The summed E-state index contributed by atoms with van der Waals surface area (Å²) < 4.78 is 9.81. The summed E-state index contributed by atoms with van der Waals surface area (Å²) in [5.41, 5.74) is 16.6. The van der Waals surface area contributed by atoms with Gasteiger partial charge in [0.2, 0.25) is 0 Å². The van der Waals surface area contributed by atoms with Crippen molar-refractivity contribution in [1.29, 1.82) is 5.26 Å². The van der Waals surface area contributed by atoms with Gasteiger partial charge in [-0.1, -0.05) is 180 Å². The van der Waals surface area contributed by atoms with Gasteiger partial charge in [0.1, 0.15) is 22.7 Å². The second kappa shape index (κ2) is 21.3. The molecule has 9 aromatic rings. The summed E-state index contributed by atoms with van der Waals surface area (Å²) in [7, 11) is 0. The number of aromatic nitrogens is 2. The molecule has 0 unspecified atom stereocenters. The number of aryl methyl sites for hydroxylation is 2. The highest BCUT2D eigenvalue weighted by molar-refractivity contribution is 7.19. The number of carbonyl (C=O) groups is 1. The lowest BCUT2D eigenvalue weighted by molar-refractivity contribution is -0.132. The van der Waals surface area contributed by atoms with E-state index in [-0.39, 0.29) is 5.57 Å². The molecule has 71 heavy (non-hydrogen) atoms. The zero-order chi connectivity index (χ0) is 48.7. The van der Waals surface area contributed by atoms with Crippen LogP contribution in [0.2, 0.25) is 0 Å². The molecule has 7 aromatic carbocycles. The average Bonchev–Trinajstić information content (AvgIpc) is 4.15. The molecule has 0 saturated heterocycles. The molecule has 10 rings (SSSR count). The molecule has 0 aliphatic heterocycles. The summed E-state index contributed by atoms with van der Waals surface area (Å²) in [6.45, 7) is 4.54. The number of benzene rings is 7. The van der Waals surface area contributed by atoms with E-state index in [0.717, 1.165) is 62.5 Å². The van der Waals surface area contributed by atoms with Crippen LogP contribution in [0.5, 0.6) is 0 Å². The molecule has 0 spiro atoms. The number of nitrogens with zero attached hydrogens (tertiary/aromatic N) is 4. The van der Waals surface area contributed by atoms with Gasteiger partial charge in [0.05, 0.1) is 17.1 Å². The smallest absolute Gasteiger partial charge is 0.346 e. The minimum Gasteiger partial charge on any atom is -0.477 e. The number of hydrogen-bond donors (Lipinski definition) is 1. The van der Waals surface area contributed by atoms with Gasteiger partial charge in [-0.3, -0.25) is 0 Å². The number of fused-ring (bicyclic) bond motifs is 4. The third-order valence-electron chi connectivity index (χ3n) is 14.1. The first-order valence-electron chi connectivity index (χ1n) is 25.0. The molecule has 0 atom stereocenters. The first-order valence-corrected chi connectivity index (χ1v) is 26.5. The Kier molecular flexibility index (Phi) is 14.2. The molecule has 6 nitrogen and oxygen atoms in total. The molecule has 0 bridgehead atoms. The highest BCUT2D eigenvalue weighted by Gasteiger charge is 2.48. The lowest BCUT2D eigenvalue weighted by atomic mass is 9.67. The molecule has 2 heterocycles. The number of para-hydroxylation sites is 2. The summed E-state index contributed by atoms with van der Waals surface area (Å²) >= 11 is 3.04. The number of unbranched alkanes of at least 4 members (excludes halogenated alkanes) is 6. The zero-order valence-electron chi connectivity index (χ0n) is 40.3. The fraction of sp³-hybridized carbons (Fsp3) is 0.206. The molecule has 1 aliphatic carbocycles. The van der Waals surface area contributed by atoms with Gasteiger partial charge < -0.3 is 10.0 Å². The number of carboxylic acid groups (broad SMARTS) is 1. The second-order valence-electron chi connectivity index (χ2n) is 18.6. The van der Waals surface area contributed by atoms with Crippen LogP contribution in [0, 0.1) is 11.3 Å². The minimum absolute atomic E-state index is 0.311. The van der Waals surface area contributed by atoms with Crippen molar-refractivity contribution >= 4 is 63.2 Å². The van der Waals surface area contributed by atoms with E-state index in [2.05, 4.69) is 164 Å². The van der Waals surface area contributed by atoms with Crippen LogP contribution >= 0.6 is 23.1 Å². The Morgan fingerprint density at radius 1 is 0.606 bits per heavy atom. The maximum atomic E-state index is 11.5. The van der Waals surface area contributed by atoms with Crippen LogP contribution in [0.1, 0.15) is 104 Å². The Morgan fingerprint density at radius 2 is 1.15 bits per heavy atom. The van der Waals surface area contributed by atoms with Crippen molar-refractivity contribution < 1.29 is 9.90 Å². The predicted octanol–water partition coefficient (Wildman–Crippen LogP) is 17.2. The fourth-order valence-electron chi connectivity index (χ4n) is 10.4. The van der Waals surface area contributed by atoms with Gasteiger partial charge in [-0.05, 0) is 124 Å². The summed E-state index contributed by atoms with van der Waals surface area (Å²) in [6.07, 6.45) is 13.4. The number of hydrogen-bond acceptors (Lipinski definition) is 7. The van der Waals surface area contributed by atoms with E-state index in [9.17, 15) is 15.2 Å². The van der Waals surface area contributed by atoms with E-state index in [4.69, 9.17) is 8.75 Å². The highest BCUT2D eigenvalue weighted by atomic mass is 32.1. The molecular weight excluding hydrogens is 909 g/mol. The van der Waals surface area contributed by atoms with Gasteiger partial charge in [-0.15, -0.1) is 11.3 Å². The number of thiophene rings is 1. The Bertz CT molecular complexity index is 3270. The zero-order valence-corrected chi connectivity index (χ0v) is 41.9. The van der Waals surface area contributed by atoms with Crippen molar-refractivity contribution in [3.05, 3.63) is 214 Å². The molecule has 0 radical (unpaired) electrons. The average molecular weight is 965 g/mol. The largest absolute Gasteiger partial charge is 0.477 e. The van der Waals surface area contributed by atoms with Crippen LogP contribution in [0.4, 0.5) is 17.1 Å². The first kappa shape index (κ1) is 47.2. The number of aliphatic carboxylic acids is 1. The summed E-state index contributed by atoms with van der Waals surface area (Å²) in [4.78, 5) is 16.3. The number of rotatable bonds is 19. The molecule has 1 N–H and O–H groups in total. The highest BCUT2D eigenvalue weighted by Crippen LogP contribution is 2.61. The van der Waals surface area contributed by atoms with E-state index in [1.165, 1.54) is 113 Å². The fourth-order valence-corrected chi connectivity index (χ4v) is 12.3. The monoisotopic (exact) mass is 964 g/mol. The van der Waals surface area contributed by atoms with E-state index < -0.39 is 11.4 Å². The molecule has 1 aliphatic rings. The van der Waals surface area contributed by atoms with Gasteiger partial charge in [-0.2, -0.15) is 14.0 Å². The van der Waals surface area contributed by atoms with Crippen molar-refractivity contribution in [2.24, 2.45) is 0 Å². The maximum absolute atomic E-state index is 11.5. The van der Waals surface area contributed by atoms with E-state index in [1.54, 1.807) is 6.07 Å². The van der Waals surface area contributed by atoms with Crippen LogP contribution < -0.4 is 4.90 Å². The molecule has 0 fully saturated rings. The summed E-state index contributed by atoms with van der Waals surface area (Å²) in [5, 5.41) is 18.7. The van der Waals surface area contributed by atoms with Crippen molar-refractivity contribution in [2.45, 2.75) is 83.5 Å². The third kappa shape index (κ3) is 9.36. The maximum Gasteiger partial charge on any atom is 0.346 e. The van der Waals surface area contributed by atoms with Gasteiger partial charge in [0.15, 0.2) is 0 Å². The minimum atomic E-state index is -1.25. The molecule has 8 heteroatoms. The second-order valence-corrected chi connectivity index (χ2v) is 20.2. The molecule has 0 amide bonds. The van der Waals surface area contributed by atoms with E-state index in [0.29, 0.717) is 5.56 Å². The normalized spacial score (nSPS) is 12.7. The summed E-state index contributed by atoms with van der Waals surface area (Å²) in [5.74, 6) is -1.25. The van der Waals surface area contributed by atoms with Crippen molar-refractivity contribution in [3.8, 4) is 38.1 Å². The van der Waals surface area contributed by atoms with Gasteiger partial charge in [-0.25, -0.2) is 4.79 Å². The number of nitriles is 1. The van der Waals surface area contributed by atoms with Gasteiger partial charge >= 0.3 is 5.97 Å². The van der Waals surface area contributed by atoms with Crippen molar-refractivity contribution in [2.75, 3.05) is 4.90 Å². The molecule has 352 valence electrons. The quantitative estimate of drug-likeness (QED) is 0.0493. The van der Waals surface area contributed by atoms with Gasteiger partial charge in [0, 0.05) is 37.9 Å². The topological polar surface area (TPSA) is 90.1 Å². The van der Waals surface area contributed by atoms with E-state index in [1.807, 2.05) is 35.6 Å². The predicted molar refractivity (Wildman–Crippen MR) is 295 cm³/mol. The van der Waals surface area contributed by atoms with Crippen molar-refractivity contribution in [1.82, 2.24) is 8.75 Å². The number of carboxylic acids is 1. The molecular formula is C63H56N4O2S2. The van der Waals surface area contributed by atoms with Crippen LogP contribution in [0.15, 0.2) is 175 Å². The van der Waals surface area contributed by atoms with Crippen LogP contribution in [0.25, 0.3) is 49.1 Å². The van der Waals surface area contributed by atoms with Crippen LogP contribution in [0.3, 0.4) is 0 Å². The molecule has 2 aromatic heterocycles. The summed E-state index contributed by atoms with van der Waals surface area (Å²) in [6, 6.07) is 63.7. The van der Waals surface area contributed by atoms with Gasteiger partial charge in [0.25, 0.3) is 0 Å². The Balaban J connectivity index is 1.15. The Morgan fingerprint density at radius 3 is 1.70 bits per heavy atom. The Hall–Kier alpha value is -7.44. The Labute approximate surface area is 425 Å². The molecule has 0 saturated carbocycles. The van der Waals surface area contributed by atoms with Crippen LogP contribution in [-0.2, 0) is 23.1 Å². The lowest BCUT2D eigenvalue weighted by Crippen LogP contribution is -2.28. The van der Waals surface area contributed by atoms with Crippen molar-refractivity contribution in [3.63, 3.8) is 0 Å². The standard InChI is InChI=1S/C63H56N4O2S2/c1-3-5-7-11-17-43-25-31-48(32-26-43)63(49-33-27-44(28-34-49)18-12-8-6-4-2)56-40-52(67(50-19-13-9-14-20-50)51-21-15-10-16-22-51)35-36-54(56)61-57(63)41-58(70-61)55-38-37-53(59-60(55)66-71-65-59)46-29-23-45(24-30-46)39-47(42-64)62(68)69/h9-10,13-16,19-41H,3-8,11-12,17-18H2,1-2H3,(H,68,69)/b47-39+. The number of anilines is 3. The SMILES string of the molecule is CCCCCCc1ccc(C2(c3ccc(CCCCCC)cc3)c3cc(N(c4ccccc4)c4ccccc4)ccc3-c3sc(-c4ccc(-c5ccc(/C=C(\C#N)C(=O)O)cc5)c5nsnc45)cc32)cc1. The van der Waals surface area contributed by atoms with Crippen LogP contribution in [-0.4, -0.2) is 19.8 Å². The third-order valence-corrected chi connectivity index (χ3v) is 15.8. The lowest BCUT2D eigenvalue weighted by Gasteiger charge is -2.35.